The Morgan fingerprint density at radius 3 is 2.60 bits per heavy atom. The highest BCUT2D eigenvalue weighted by atomic mass is 127. The Bertz CT molecular complexity index is 1950. The summed E-state index contributed by atoms with van der Waals surface area (Å²) in [5.74, 6) is 0.132. The molecule has 0 spiro atoms. The third kappa shape index (κ3) is 6.09. The molecule has 5 rings (SSSR count). The third-order valence-corrected chi connectivity index (χ3v) is 9.15. The van der Waals surface area contributed by atoms with E-state index in [9.17, 15) is 14.9 Å². The Balaban J connectivity index is 1.65. The van der Waals surface area contributed by atoms with Gasteiger partial charge >= 0.3 is 5.97 Å². The van der Waals surface area contributed by atoms with E-state index in [0.717, 1.165) is 29.4 Å². The van der Waals surface area contributed by atoms with Gasteiger partial charge in [0.1, 0.15) is 12.4 Å². The second-order valence-corrected chi connectivity index (χ2v) is 13.0. The monoisotopic (exact) mass is 801 g/mol. The molecule has 7 nitrogen and oxygen atoms in total. The van der Waals surface area contributed by atoms with Gasteiger partial charge in [0.15, 0.2) is 4.80 Å². The van der Waals surface area contributed by atoms with Gasteiger partial charge in [-0.25, -0.2) is 9.79 Å². The number of rotatable bonds is 7. The summed E-state index contributed by atoms with van der Waals surface area (Å²) in [5, 5.41) is 9.49. The smallest absolute Gasteiger partial charge is 0.338 e. The number of carbonyl (C=O) groups is 1. The van der Waals surface area contributed by atoms with E-state index in [0.29, 0.717) is 31.9 Å². The third-order valence-electron chi connectivity index (χ3n) is 6.74. The molecule has 0 fully saturated rings. The van der Waals surface area contributed by atoms with Crippen LogP contribution in [-0.4, -0.2) is 17.1 Å². The molecule has 0 N–H and O–H groups in total. The molecule has 0 saturated heterocycles. The lowest BCUT2D eigenvalue weighted by atomic mass is 9.95. The molecule has 1 aliphatic rings. The van der Waals surface area contributed by atoms with Gasteiger partial charge in [-0.2, -0.15) is 5.26 Å². The van der Waals surface area contributed by atoms with Crippen molar-refractivity contribution in [3.8, 4) is 11.8 Å². The molecule has 1 aliphatic heterocycles. The number of thiazole rings is 1. The minimum atomic E-state index is -0.669. The lowest BCUT2D eigenvalue weighted by Gasteiger charge is -2.24. The number of fused-ring (bicyclic) bond motifs is 1. The first kappa shape index (κ1) is 30.2. The summed E-state index contributed by atoms with van der Waals surface area (Å²) in [7, 11) is 0. The van der Waals surface area contributed by atoms with Crippen molar-refractivity contribution in [2.75, 3.05) is 6.61 Å². The Hall–Kier alpha value is -3.28. The molecular weight excluding hydrogens is 776 g/mol. The summed E-state index contributed by atoms with van der Waals surface area (Å²) >= 11 is 5.73. The zero-order valence-electron chi connectivity index (χ0n) is 23.0. The predicted octanol–water partition coefficient (Wildman–Crippen LogP) is 5.77. The van der Waals surface area contributed by atoms with E-state index in [4.69, 9.17) is 9.47 Å². The molecule has 3 aromatic carbocycles. The highest BCUT2D eigenvalue weighted by Crippen LogP contribution is 2.32. The van der Waals surface area contributed by atoms with Crippen LogP contribution in [-0.2, 0) is 16.1 Å². The van der Waals surface area contributed by atoms with E-state index in [-0.39, 0.29) is 18.8 Å². The van der Waals surface area contributed by atoms with Gasteiger partial charge in [0.25, 0.3) is 5.56 Å². The SMILES string of the molecule is CCOC(=O)C1=C(C)N=c2s/c(=C\c3cc(I)cc(I)c3OCc3ccccc3C#N)c(=O)n2[C@@H]1c1ccc(C)cc1. The van der Waals surface area contributed by atoms with Crippen LogP contribution in [0.25, 0.3) is 6.08 Å². The number of aryl methyl sites for hydroxylation is 1. The second kappa shape index (κ2) is 12.9. The molecular formula is C32H25I2N3O4S. The van der Waals surface area contributed by atoms with E-state index in [1.165, 1.54) is 11.3 Å². The van der Waals surface area contributed by atoms with Crippen molar-refractivity contribution in [2.24, 2.45) is 4.99 Å². The van der Waals surface area contributed by atoms with E-state index < -0.39 is 12.0 Å². The van der Waals surface area contributed by atoms with Gasteiger partial charge in [-0.3, -0.25) is 9.36 Å². The van der Waals surface area contributed by atoms with E-state index in [2.05, 4.69) is 56.2 Å². The van der Waals surface area contributed by atoms with Gasteiger partial charge in [-0.05, 0) is 95.8 Å². The highest BCUT2D eigenvalue weighted by molar-refractivity contribution is 14.1. The molecule has 4 aromatic rings. The maximum absolute atomic E-state index is 14.1. The van der Waals surface area contributed by atoms with Gasteiger partial charge in [0.05, 0.1) is 43.7 Å². The molecule has 1 atom stereocenters. The molecule has 42 heavy (non-hydrogen) atoms. The zero-order chi connectivity index (χ0) is 30.0. The topological polar surface area (TPSA) is 93.7 Å². The predicted molar refractivity (Wildman–Crippen MR) is 179 cm³/mol. The number of nitriles is 1. The van der Waals surface area contributed by atoms with Crippen LogP contribution in [0.1, 0.15) is 47.7 Å². The molecule has 212 valence electrons. The highest BCUT2D eigenvalue weighted by Gasteiger charge is 2.33. The zero-order valence-corrected chi connectivity index (χ0v) is 28.1. The Morgan fingerprint density at radius 1 is 1.14 bits per heavy atom. The van der Waals surface area contributed by atoms with Crippen molar-refractivity contribution in [3.63, 3.8) is 0 Å². The first-order valence-electron chi connectivity index (χ1n) is 13.1. The number of esters is 1. The number of benzene rings is 3. The quantitative estimate of drug-likeness (QED) is 0.175. The first-order valence-corrected chi connectivity index (χ1v) is 16.0. The number of ether oxygens (including phenoxy) is 2. The maximum Gasteiger partial charge on any atom is 0.338 e. The van der Waals surface area contributed by atoms with Crippen molar-refractivity contribution in [3.05, 3.63) is 127 Å². The van der Waals surface area contributed by atoms with Gasteiger partial charge in [-0.15, -0.1) is 0 Å². The summed E-state index contributed by atoms with van der Waals surface area (Å²) < 4.78 is 15.6. The van der Waals surface area contributed by atoms with Crippen molar-refractivity contribution < 1.29 is 14.3 Å². The number of hydrogen-bond acceptors (Lipinski definition) is 7. The van der Waals surface area contributed by atoms with E-state index >= 15 is 0 Å². The molecule has 0 aliphatic carbocycles. The summed E-state index contributed by atoms with van der Waals surface area (Å²) in [4.78, 5) is 32.4. The maximum atomic E-state index is 14.1. The number of allylic oxidation sites excluding steroid dienone is 1. The molecule has 10 heteroatoms. The fourth-order valence-electron chi connectivity index (χ4n) is 4.74. The average molecular weight is 801 g/mol. The minimum Gasteiger partial charge on any atom is -0.487 e. The summed E-state index contributed by atoms with van der Waals surface area (Å²) in [6.07, 6.45) is 1.81. The van der Waals surface area contributed by atoms with Crippen molar-refractivity contribution >= 4 is 68.6 Å². The van der Waals surface area contributed by atoms with Crippen LogP contribution in [0.4, 0.5) is 0 Å². The van der Waals surface area contributed by atoms with Crippen LogP contribution in [0.2, 0.25) is 0 Å². The number of aromatic nitrogens is 1. The average Bonchev–Trinajstić information content (AvgIpc) is 3.26. The van der Waals surface area contributed by atoms with Gasteiger partial charge in [0.2, 0.25) is 0 Å². The van der Waals surface area contributed by atoms with Crippen LogP contribution in [0, 0.1) is 25.4 Å². The van der Waals surface area contributed by atoms with Gasteiger partial charge < -0.3 is 9.47 Å². The van der Waals surface area contributed by atoms with Gasteiger partial charge in [-0.1, -0.05) is 59.4 Å². The fourth-order valence-corrected chi connectivity index (χ4v) is 7.82. The lowest BCUT2D eigenvalue weighted by molar-refractivity contribution is -0.139. The first-order chi connectivity index (χ1) is 20.2. The summed E-state index contributed by atoms with van der Waals surface area (Å²) in [6.45, 7) is 5.94. The molecule has 0 saturated carbocycles. The molecule has 0 bridgehead atoms. The summed E-state index contributed by atoms with van der Waals surface area (Å²) in [5.41, 5.74) is 4.56. The van der Waals surface area contributed by atoms with Crippen LogP contribution < -0.4 is 19.6 Å². The van der Waals surface area contributed by atoms with Crippen LogP contribution in [0.3, 0.4) is 0 Å². The molecule has 0 radical (unpaired) electrons. The lowest BCUT2D eigenvalue weighted by Crippen LogP contribution is -2.39. The number of hydrogen-bond donors (Lipinski definition) is 0. The van der Waals surface area contributed by atoms with Crippen LogP contribution in [0.15, 0.2) is 81.7 Å². The number of halogens is 2. The Morgan fingerprint density at radius 2 is 1.88 bits per heavy atom. The van der Waals surface area contributed by atoms with Crippen molar-refractivity contribution in [1.29, 1.82) is 5.26 Å². The van der Waals surface area contributed by atoms with Crippen molar-refractivity contribution in [2.45, 2.75) is 33.4 Å². The largest absolute Gasteiger partial charge is 0.487 e. The van der Waals surface area contributed by atoms with Crippen LogP contribution >= 0.6 is 56.5 Å². The number of nitrogens with zero attached hydrogens (tertiary/aromatic N) is 3. The summed E-state index contributed by atoms with van der Waals surface area (Å²) in [6, 6.07) is 20.6. The van der Waals surface area contributed by atoms with E-state index in [1.807, 2.05) is 67.6 Å². The van der Waals surface area contributed by atoms with Crippen LogP contribution in [0.5, 0.6) is 5.75 Å². The van der Waals surface area contributed by atoms with E-state index in [1.54, 1.807) is 24.5 Å². The molecule has 0 unspecified atom stereocenters. The normalized spacial score (nSPS) is 14.7. The van der Waals surface area contributed by atoms with Gasteiger partial charge in [0, 0.05) is 14.7 Å². The Kier molecular flexibility index (Phi) is 9.29. The molecule has 2 heterocycles. The standard InChI is InChI=1S/C32H25I2N3O4S/c1-4-40-31(39)27-19(3)36-32-37(28(27)20-11-9-18(2)10-12-20)30(38)26(42-32)14-23-13-24(33)15-25(34)29(23)41-17-22-8-6-5-7-21(22)16-35/h5-15,28H,4,17H2,1-3H3/b26-14-/t28-/m1/s1. The number of carbonyl (C=O) groups excluding carboxylic acids is 1. The Labute approximate surface area is 274 Å². The minimum absolute atomic E-state index is 0.206. The molecule has 0 amide bonds. The fraction of sp³-hybridized carbons (Fsp3) is 0.188. The molecule has 1 aromatic heterocycles. The second-order valence-electron chi connectivity index (χ2n) is 9.58. The van der Waals surface area contributed by atoms with Crippen molar-refractivity contribution in [1.82, 2.24) is 4.57 Å².